The normalized spacial score (nSPS) is 23.4. The zero-order valence-electron chi connectivity index (χ0n) is 10.5. The van der Waals surface area contributed by atoms with E-state index in [0.29, 0.717) is 18.2 Å². The summed E-state index contributed by atoms with van der Waals surface area (Å²) in [5, 5.41) is 4.41. The molecule has 1 aliphatic heterocycles. The van der Waals surface area contributed by atoms with Crippen LogP contribution in [-0.2, 0) is 9.84 Å². The first-order valence-corrected chi connectivity index (χ1v) is 7.69. The van der Waals surface area contributed by atoms with E-state index in [1.807, 2.05) is 6.92 Å². The Kier molecular flexibility index (Phi) is 2.93. The summed E-state index contributed by atoms with van der Waals surface area (Å²) in [6.07, 6.45) is 0.616. The van der Waals surface area contributed by atoms with Crippen LogP contribution in [-0.4, -0.2) is 29.7 Å². The molecule has 1 saturated heterocycles. The van der Waals surface area contributed by atoms with Crippen molar-refractivity contribution in [3.63, 3.8) is 0 Å². The van der Waals surface area contributed by atoms with Crippen LogP contribution in [0, 0.1) is 6.92 Å². The highest BCUT2D eigenvalue weighted by atomic mass is 32.2. The summed E-state index contributed by atoms with van der Waals surface area (Å²) >= 11 is 0. The summed E-state index contributed by atoms with van der Waals surface area (Å²) < 4.78 is 24.6. The van der Waals surface area contributed by atoms with Gasteiger partial charge in [0.2, 0.25) is 0 Å². The Labute approximate surface area is 102 Å². The second-order valence-electron chi connectivity index (χ2n) is 5.04. The number of nitrogens with zero attached hydrogens (tertiary/aromatic N) is 2. The van der Waals surface area contributed by atoms with E-state index in [1.54, 1.807) is 4.68 Å². The molecule has 1 unspecified atom stereocenters. The van der Waals surface area contributed by atoms with Gasteiger partial charge in [-0.05, 0) is 19.3 Å². The van der Waals surface area contributed by atoms with Crippen molar-refractivity contribution >= 4 is 15.7 Å². The summed E-state index contributed by atoms with van der Waals surface area (Å²) in [6.45, 7) is 6.05. The Balaban J connectivity index is 2.38. The van der Waals surface area contributed by atoms with Crippen molar-refractivity contribution in [2.45, 2.75) is 39.2 Å². The standard InChI is InChI=1S/C11H19N3O2S/c1-7(2)10-8(3)13-14(11(10)12)9-4-5-17(15,16)6-9/h7,9H,4-6,12H2,1-3H3. The largest absolute Gasteiger partial charge is 0.384 e. The Morgan fingerprint density at radius 3 is 2.53 bits per heavy atom. The Morgan fingerprint density at radius 2 is 2.12 bits per heavy atom. The molecule has 96 valence electrons. The van der Waals surface area contributed by atoms with Gasteiger partial charge < -0.3 is 5.73 Å². The summed E-state index contributed by atoms with van der Waals surface area (Å²) in [5.41, 5.74) is 8.02. The minimum Gasteiger partial charge on any atom is -0.384 e. The minimum absolute atomic E-state index is 0.0915. The van der Waals surface area contributed by atoms with Gasteiger partial charge >= 0.3 is 0 Å². The van der Waals surface area contributed by atoms with Crippen molar-refractivity contribution in [3.8, 4) is 0 Å². The molecule has 0 spiro atoms. The molecule has 0 bridgehead atoms. The molecule has 0 radical (unpaired) electrons. The number of aryl methyl sites for hydroxylation is 1. The van der Waals surface area contributed by atoms with Gasteiger partial charge in [-0.15, -0.1) is 0 Å². The molecule has 2 N–H and O–H groups in total. The van der Waals surface area contributed by atoms with Crippen molar-refractivity contribution in [1.29, 1.82) is 0 Å². The second kappa shape index (κ2) is 4.01. The summed E-state index contributed by atoms with van der Waals surface area (Å²) in [7, 11) is -2.90. The number of anilines is 1. The van der Waals surface area contributed by atoms with Gasteiger partial charge in [0.25, 0.3) is 0 Å². The lowest BCUT2D eigenvalue weighted by Crippen LogP contribution is -2.15. The maximum absolute atomic E-state index is 11.5. The number of nitrogens with two attached hydrogens (primary N) is 1. The average molecular weight is 257 g/mol. The first kappa shape index (κ1) is 12.4. The lowest BCUT2D eigenvalue weighted by atomic mass is 10.0. The maximum Gasteiger partial charge on any atom is 0.152 e. The number of sulfone groups is 1. The van der Waals surface area contributed by atoms with Crippen molar-refractivity contribution in [2.24, 2.45) is 0 Å². The van der Waals surface area contributed by atoms with Crippen LogP contribution >= 0.6 is 0 Å². The van der Waals surface area contributed by atoms with Crippen LogP contribution in [0.1, 0.15) is 43.5 Å². The molecule has 0 aromatic carbocycles. The number of hydrogen-bond acceptors (Lipinski definition) is 4. The molecule has 1 aromatic heterocycles. The molecular weight excluding hydrogens is 238 g/mol. The van der Waals surface area contributed by atoms with E-state index in [9.17, 15) is 8.42 Å². The minimum atomic E-state index is -2.90. The van der Waals surface area contributed by atoms with Gasteiger partial charge in [0.1, 0.15) is 5.82 Å². The summed E-state index contributed by atoms with van der Waals surface area (Å²) in [6, 6.07) is -0.0915. The van der Waals surface area contributed by atoms with Gasteiger partial charge in [-0.2, -0.15) is 5.10 Å². The van der Waals surface area contributed by atoms with E-state index in [0.717, 1.165) is 11.3 Å². The predicted molar refractivity (Wildman–Crippen MR) is 67.8 cm³/mol. The molecule has 1 atom stereocenters. The zero-order chi connectivity index (χ0) is 12.8. The number of aromatic nitrogens is 2. The number of rotatable bonds is 2. The smallest absolute Gasteiger partial charge is 0.152 e. The van der Waals surface area contributed by atoms with Crippen molar-refractivity contribution in [3.05, 3.63) is 11.3 Å². The highest BCUT2D eigenvalue weighted by molar-refractivity contribution is 7.91. The van der Waals surface area contributed by atoms with Crippen LogP contribution in [0.15, 0.2) is 0 Å². The molecule has 6 heteroatoms. The van der Waals surface area contributed by atoms with E-state index in [2.05, 4.69) is 18.9 Å². The van der Waals surface area contributed by atoms with Gasteiger partial charge in [0.15, 0.2) is 9.84 Å². The maximum atomic E-state index is 11.5. The van der Waals surface area contributed by atoms with Crippen LogP contribution in [0.25, 0.3) is 0 Å². The molecule has 0 amide bonds. The van der Waals surface area contributed by atoms with Gasteiger partial charge in [0.05, 0.1) is 23.2 Å². The molecule has 1 fully saturated rings. The quantitative estimate of drug-likeness (QED) is 0.865. The summed E-state index contributed by atoms with van der Waals surface area (Å²) in [4.78, 5) is 0. The fraction of sp³-hybridized carbons (Fsp3) is 0.727. The Morgan fingerprint density at radius 1 is 1.47 bits per heavy atom. The fourth-order valence-corrected chi connectivity index (χ4v) is 4.23. The Bertz CT molecular complexity index is 531. The highest BCUT2D eigenvalue weighted by Crippen LogP contribution is 2.31. The molecule has 1 aliphatic rings. The SMILES string of the molecule is Cc1nn(C2CCS(=O)(=O)C2)c(N)c1C(C)C. The second-order valence-corrected chi connectivity index (χ2v) is 7.27. The van der Waals surface area contributed by atoms with E-state index in [4.69, 9.17) is 5.73 Å². The molecule has 0 saturated carbocycles. The van der Waals surface area contributed by atoms with E-state index >= 15 is 0 Å². The van der Waals surface area contributed by atoms with Gasteiger partial charge in [-0.3, -0.25) is 0 Å². The third kappa shape index (κ3) is 2.18. The average Bonchev–Trinajstić information content (AvgIpc) is 2.67. The van der Waals surface area contributed by atoms with E-state index < -0.39 is 9.84 Å². The first-order chi connectivity index (χ1) is 7.82. The molecule has 2 heterocycles. The van der Waals surface area contributed by atoms with Crippen LogP contribution in [0.3, 0.4) is 0 Å². The van der Waals surface area contributed by atoms with Gasteiger partial charge in [-0.1, -0.05) is 13.8 Å². The van der Waals surface area contributed by atoms with Crippen molar-refractivity contribution in [1.82, 2.24) is 9.78 Å². The molecule has 5 nitrogen and oxygen atoms in total. The zero-order valence-corrected chi connectivity index (χ0v) is 11.3. The molecule has 0 aliphatic carbocycles. The van der Waals surface area contributed by atoms with E-state index in [1.165, 1.54) is 0 Å². The third-order valence-electron chi connectivity index (χ3n) is 3.30. The van der Waals surface area contributed by atoms with Crippen molar-refractivity contribution < 1.29 is 8.42 Å². The molecule has 2 rings (SSSR count). The lowest BCUT2D eigenvalue weighted by Gasteiger charge is -2.11. The van der Waals surface area contributed by atoms with Gasteiger partial charge in [0, 0.05) is 5.56 Å². The lowest BCUT2D eigenvalue weighted by molar-refractivity contribution is 0.504. The Hall–Kier alpha value is -1.04. The van der Waals surface area contributed by atoms with Crippen LogP contribution < -0.4 is 5.73 Å². The first-order valence-electron chi connectivity index (χ1n) is 5.86. The number of hydrogen-bond donors (Lipinski definition) is 1. The summed E-state index contributed by atoms with van der Waals surface area (Å²) in [5.74, 6) is 1.34. The van der Waals surface area contributed by atoms with Crippen LogP contribution in [0.4, 0.5) is 5.82 Å². The third-order valence-corrected chi connectivity index (χ3v) is 5.05. The van der Waals surface area contributed by atoms with E-state index in [-0.39, 0.29) is 17.5 Å². The van der Waals surface area contributed by atoms with Crippen molar-refractivity contribution in [2.75, 3.05) is 17.2 Å². The fourth-order valence-electron chi connectivity index (χ4n) is 2.54. The molecular formula is C11H19N3O2S. The molecule has 1 aromatic rings. The monoisotopic (exact) mass is 257 g/mol. The van der Waals surface area contributed by atoms with Crippen LogP contribution in [0.5, 0.6) is 0 Å². The highest BCUT2D eigenvalue weighted by Gasteiger charge is 2.32. The predicted octanol–water partition coefficient (Wildman–Crippen LogP) is 1.26. The van der Waals surface area contributed by atoms with Crippen LogP contribution in [0.2, 0.25) is 0 Å². The molecule has 17 heavy (non-hydrogen) atoms. The topological polar surface area (TPSA) is 78.0 Å². The van der Waals surface area contributed by atoms with Gasteiger partial charge in [-0.25, -0.2) is 13.1 Å². The number of nitrogen functional groups attached to an aromatic ring is 1.